The summed E-state index contributed by atoms with van der Waals surface area (Å²) < 4.78 is 0. The van der Waals surface area contributed by atoms with Crippen molar-refractivity contribution in [2.45, 2.75) is 13.3 Å². The van der Waals surface area contributed by atoms with Crippen LogP contribution in [0.15, 0.2) is 48.5 Å². The molecule has 0 amide bonds. The summed E-state index contributed by atoms with van der Waals surface area (Å²) in [5.74, 6) is 0.314. The van der Waals surface area contributed by atoms with E-state index < -0.39 is 0 Å². The highest BCUT2D eigenvalue weighted by molar-refractivity contribution is 5.65. The molecular formula is C14H14O. The average molecular weight is 198 g/mol. The van der Waals surface area contributed by atoms with E-state index in [1.54, 1.807) is 12.1 Å². The highest BCUT2D eigenvalue weighted by atomic mass is 16.3. The summed E-state index contributed by atoms with van der Waals surface area (Å²) in [6.45, 7) is 2.14. The molecule has 0 bridgehead atoms. The molecule has 1 N–H and O–H groups in total. The van der Waals surface area contributed by atoms with Crippen molar-refractivity contribution in [1.82, 2.24) is 0 Å². The van der Waals surface area contributed by atoms with E-state index in [1.165, 1.54) is 5.56 Å². The Labute approximate surface area is 90.0 Å². The van der Waals surface area contributed by atoms with Gasteiger partial charge in [0.15, 0.2) is 0 Å². The molecule has 2 rings (SSSR count). The van der Waals surface area contributed by atoms with Crippen molar-refractivity contribution < 1.29 is 5.11 Å². The molecule has 0 saturated heterocycles. The van der Waals surface area contributed by atoms with Gasteiger partial charge in [-0.3, -0.25) is 0 Å². The van der Waals surface area contributed by atoms with E-state index in [1.807, 2.05) is 12.1 Å². The Morgan fingerprint density at radius 3 is 2.27 bits per heavy atom. The van der Waals surface area contributed by atoms with Crippen LogP contribution in [0.1, 0.15) is 12.5 Å². The van der Waals surface area contributed by atoms with Crippen LogP contribution in [-0.2, 0) is 6.42 Å². The predicted molar refractivity (Wildman–Crippen MR) is 62.9 cm³/mol. The van der Waals surface area contributed by atoms with E-state index in [-0.39, 0.29) is 0 Å². The fourth-order valence-corrected chi connectivity index (χ4v) is 1.66. The smallest absolute Gasteiger partial charge is 0.116 e. The Bertz CT molecular complexity index is 460. The van der Waals surface area contributed by atoms with Crippen molar-refractivity contribution >= 4 is 0 Å². The largest absolute Gasteiger partial charge is 0.508 e. The molecule has 0 unspecified atom stereocenters. The number of phenols is 1. The van der Waals surface area contributed by atoms with Gasteiger partial charge in [-0.2, -0.15) is 0 Å². The molecule has 1 nitrogen and oxygen atoms in total. The van der Waals surface area contributed by atoms with E-state index in [4.69, 9.17) is 0 Å². The van der Waals surface area contributed by atoms with Crippen LogP contribution in [0.2, 0.25) is 0 Å². The second kappa shape index (κ2) is 4.18. The molecule has 1 heteroatoms. The molecule has 2 aromatic carbocycles. The molecule has 0 heterocycles. The van der Waals surface area contributed by atoms with Gasteiger partial charge in [-0.1, -0.05) is 43.3 Å². The highest BCUT2D eigenvalue weighted by Crippen LogP contribution is 2.23. The number of hydrogen-bond acceptors (Lipinski definition) is 1. The van der Waals surface area contributed by atoms with E-state index in [0.29, 0.717) is 5.75 Å². The minimum absolute atomic E-state index is 0.314. The topological polar surface area (TPSA) is 20.2 Å². The van der Waals surface area contributed by atoms with Gasteiger partial charge in [-0.15, -0.1) is 0 Å². The summed E-state index contributed by atoms with van der Waals surface area (Å²) >= 11 is 0. The number of hydrogen-bond donors (Lipinski definition) is 1. The normalized spacial score (nSPS) is 10.2. The molecule has 0 atom stereocenters. The van der Waals surface area contributed by atoms with Crippen molar-refractivity contribution in [1.29, 1.82) is 0 Å². The van der Waals surface area contributed by atoms with Gasteiger partial charge < -0.3 is 5.11 Å². The van der Waals surface area contributed by atoms with Crippen molar-refractivity contribution in [2.75, 3.05) is 0 Å². The fourth-order valence-electron chi connectivity index (χ4n) is 1.66. The van der Waals surface area contributed by atoms with E-state index in [9.17, 15) is 5.11 Å². The van der Waals surface area contributed by atoms with Gasteiger partial charge >= 0.3 is 0 Å². The third-order valence-electron chi connectivity index (χ3n) is 2.51. The van der Waals surface area contributed by atoms with Gasteiger partial charge in [0.25, 0.3) is 0 Å². The van der Waals surface area contributed by atoms with Crippen LogP contribution < -0.4 is 0 Å². The van der Waals surface area contributed by atoms with Crippen molar-refractivity contribution in [3.8, 4) is 16.9 Å². The van der Waals surface area contributed by atoms with E-state index in [0.717, 1.165) is 17.5 Å². The SMILES string of the molecule is CCc1cccc(-c2cccc(O)c2)c1. The molecule has 0 aliphatic carbocycles. The Hall–Kier alpha value is -1.76. The van der Waals surface area contributed by atoms with Crippen LogP contribution in [0.25, 0.3) is 11.1 Å². The van der Waals surface area contributed by atoms with Crippen molar-refractivity contribution in [3.63, 3.8) is 0 Å². The van der Waals surface area contributed by atoms with Crippen LogP contribution in [-0.4, -0.2) is 5.11 Å². The van der Waals surface area contributed by atoms with Crippen LogP contribution >= 0.6 is 0 Å². The van der Waals surface area contributed by atoms with Gasteiger partial charge in [0, 0.05) is 0 Å². The van der Waals surface area contributed by atoms with Gasteiger partial charge in [-0.25, -0.2) is 0 Å². The summed E-state index contributed by atoms with van der Waals surface area (Å²) in [5, 5.41) is 9.40. The molecule has 2 aromatic rings. The lowest BCUT2D eigenvalue weighted by Gasteiger charge is -2.04. The zero-order valence-electron chi connectivity index (χ0n) is 8.77. The second-order valence-corrected chi connectivity index (χ2v) is 3.60. The number of benzene rings is 2. The Morgan fingerprint density at radius 1 is 0.933 bits per heavy atom. The van der Waals surface area contributed by atoms with Crippen LogP contribution in [0.3, 0.4) is 0 Å². The molecule has 0 fully saturated rings. The van der Waals surface area contributed by atoms with Crippen LogP contribution in [0.4, 0.5) is 0 Å². The predicted octanol–water partition coefficient (Wildman–Crippen LogP) is 3.62. The van der Waals surface area contributed by atoms with E-state index in [2.05, 4.69) is 31.2 Å². The lowest BCUT2D eigenvalue weighted by molar-refractivity contribution is 0.475. The minimum Gasteiger partial charge on any atom is -0.508 e. The van der Waals surface area contributed by atoms with Gasteiger partial charge in [-0.05, 0) is 35.2 Å². The highest BCUT2D eigenvalue weighted by Gasteiger charge is 1.99. The number of phenolic OH excluding ortho intramolecular Hbond substituents is 1. The summed E-state index contributed by atoms with van der Waals surface area (Å²) in [6.07, 6.45) is 1.03. The maximum atomic E-state index is 9.40. The van der Waals surface area contributed by atoms with Crippen LogP contribution in [0, 0.1) is 0 Å². The number of aryl methyl sites for hydroxylation is 1. The zero-order valence-corrected chi connectivity index (χ0v) is 8.77. The molecular weight excluding hydrogens is 184 g/mol. The Balaban J connectivity index is 2.44. The molecule has 76 valence electrons. The molecule has 0 spiro atoms. The van der Waals surface area contributed by atoms with Crippen molar-refractivity contribution in [3.05, 3.63) is 54.1 Å². The standard InChI is InChI=1S/C14H14O/c1-2-11-5-3-6-12(9-11)13-7-4-8-14(15)10-13/h3-10,15H,2H2,1H3. The Morgan fingerprint density at radius 2 is 1.60 bits per heavy atom. The third kappa shape index (κ3) is 2.18. The maximum absolute atomic E-state index is 9.40. The summed E-state index contributed by atoms with van der Waals surface area (Å²) in [4.78, 5) is 0. The summed E-state index contributed by atoms with van der Waals surface area (Å²) in [5.41, 5.74) is 3.53. The first-order chi connectivity index (χ1) is 7.29. The van der Waals surface area contributed by atoms with E-state index >= 15 is 0 Å². The first-order valence-corrected chi connectivity index (χ1v) is 5.18. The fraction of sp³-hybridized carbons (Fsp3) is 0.143. The second-order valence-electron chi connectivity index (χ2n) is 3.60. The number of aromatic hydroxyl groups is 1. The van der Waals surface area contributed by atoms with Crippen LogP contribution in [0.5, 0.6) is 5.75 Å². The summed E-state index contributed by atoms with van der Waals surface area (Å²) in [7, 11) is 0. The minimum atomic E-state index is 0.314. The molecule has 0 saturated carbocycles. The molecule has 0 radical (unpaired) electrons. The lowest BCUT2D eigenvalue weighted by Crippen LogP contribution is -1.82. The molecule has 0 aromatic heterocycles. The first kappa shape index (κ1) is 9.78. The first-order valence-electron chi connectivity index (χ1n) is 5.18. The Kier molecular flexibility index (Phi) is 2.72. The summed E-state index contributed by atoms with van der Waals surface area (Å²) in [6, 6.07) is 15.7. The maximum Gasteiger partial charge on any atom is 0.116 e. The molecule has 0 aliphatic heterocycles. The number of rotatable bonds is 2. The third-order valence-corrected chi connectivity index (χ3v) is 2.51. The monoisotopic (exact) mass is 198 g/mol. The average Bonchev–Trinajstić information content (AvgIpc) is 2.29. The van der Waals surface area contributed by atoms with Gasteiger partial charge in [0.05, 0.1) is 0 Å². The zero-order chi connectivity index (χ0) is 10.7. The van der Waals surface area contributed by atoms with Gasteiger partial charge in [0.1, 0.15) is 5.75 Å². The van der Waals surface area contributed by atoms with Gasteiger partial charge in [0.2, 0.25) is 0 Å². The van der Waals surface area contributed by atoms with Crippen molar-refractivity contribution in [2.24, 2.45) is 0 Å². The lowest BCUT2D eigenvalue weighted by atomic mass is 10.0. The quantitative estimate of drug-likeness (QED) is 0.781. The molecule has 15 heavy (non-hydrogen) atoms. The molecule has 0 aliphatic rings.